The summed E-state index contributed by atoms with van der Waals surface area (Å²) in [4.78, 5) is 20.3. The van der Waals surface area contributed by atoms with E-state index in [1.54, 1.807) is 12.3 Å². The molecule has 5 rings (SSSR count). The van der Waals surface area contributed by atoms with Crippen molar-refractivity contribution < 1.29 is 14.2 Å². The van der Waals surface area contributed by atoms with Gasteiger partial charge < -0.3 is 20.1 Å². The van der Waals surface area contributed by atoms with Gasteiger partial charge in [0.2, 0.25) is 0 Å². The van der Waals surface area contributed by atoms with Crippen LogP contribution >= 0.6 is 0 Å². The van der Waals surface area contributed by atoms with Gasteiger partial charge in [-0.15, -0.1) is 0 Å². The molecule has 162 valence electrons. The number of rotatable bonds is 5. The minimum atomic E-state index is -0.420. The van der Waals surface area contributed by atoms with Crippen molar-refractivity contribution in [3.8, 4) is 0 Å². The van der Waals surface area contributed by atoms with Crippen molar-refractivity contribution in [2.75, 3.05) is 19.8 Å². The van der Waals surface area contributed by atoms with Gasteiger partial charge in [-0.1, -0.05) is 6.08 Å². The number of hydrogen-bond donors (Lipinski definition) is 2. The summed E-state index contributed by atoms with van der Waals surface area (Å²) >= 11 is 0. The van der Waals surface area contributed by atoms with Crippen LogP contribution in [-0.2, 0) is 4.74 Å². The number of aliphatic hydroxyl groups excluding tert-OH is 1. The Bertz CT molecular complexity index is 982. The largest absolute Gasteiger partial charge is 0.508 e. The lowest BCUT2D eigenvalue weighted by atomic mass is 9.96. The number of aromatic nitrogens is 1. The highest BCUT2D eigenvalue weighted by molar-refractivity contribution is 6.10. The molecule has 1 fully saturated rings. The first kappa shape index (κ1) is 19.9. The predicted octanol–water partition coefficient (Wildman–Crippen LogP) is 2.20. The standard InChI is InChI=1S/C22H25FN6O2/c23-16-9-15(10-24-11-16)20-27-21(25-7-5-14-1-3-18(30)4-2-14)19-22(28-20)29(13-26-19)17-6-8-31-12-17/h1,3-4,9-11,13-14,17,19,22,30H,2,5-8,12H2,(H,25,27,28)/t14?,17-,19?,22?/m1/s1. The average molecular weight is 424 g/mol. The van der Waals surface area contributed by atoms with Crippen molar-refractivity contribution in [1.82, 2.24) is 15.2 Å². The second-order valence-electron chi connectivity index (χ2n) is 8.13. The van der Waals surface area contributed by atoms with Gasteiger partial charge in [-0.2, -0.15) is 0 Å². The molecule has 0 saturated carbocycles. The number of aliphatic imine (C=N–C) groups is 3. The van der Waals surface area contributed by atoms with E-state index >= 15 is 0 Å². The monoisotopic (exact) mass is 424 g/mol. The Morgan fingerprint density at radius 3 is 3.03 bits per heavy atom. The number of halogens is 1. The van der Waals surface area contributed by atoms with E-state index in [0.29, 0.717) is 36.2 Å². The summed E-state index contributed by atoms with van der Waals surface area (Å²) in [5.74, 6) is 1.45. The SMILES string of the molecule is OC1=CCC(CCNC2=NC(c3cncc(F)c3)=NC3C2N=CN3[C@@H]2CCOC2)C=C1. The number of amidine groups is 2. The summed E-state index contributed by atoms with van der Waals surface area (Å²) in [7, 11) is 0. The fourth-order valence-electron chi connectivity index (χ4n) is 4.28. The van der Waals surface area contributed by atoms with Crippen molar-refractivity contribution in [3.05, 3.63) is 53.8 Å². The topological polar surface area (TPSA) is 94.7 Å². The highest BCUT2D eigenvalue weighted by Crippen LogP contribution is 2.27. The number of nitrogens with zero attached hydrogens (tertiary/aromatic N) is 5. The summed E-state index contributed by atoms with van der Waals surface area (Å²) < 4.78 is 19.3. The molecule has 31 heavy (non-hydrogen) atoms. The third-order valence-corrected chi connectivity index (χ3v) is 5.99. The Hall–Kier alpha value is -3.07. The second-order valence-corrected chi connectivity index (χ2v) is 8.13. The zero-order valence-electron chi connectivity index (χ0n) is 17.1. The molecule has 2 N–H and O–H groups in total. The summed E-state index contributed by atoms with van der Waals surface area (Å²) in [6.07, 6.45) is 12.6. The number of ether oxygens (including phenoxy) is 1. The number of hydrogen-bond acceptors (Lipinski definition) is 8. The molecule has 4 heterocycles. The molecule has 1 saturated heterocycles. The van der Waals surface area contributed by atoms with Crippen LogP contribution in [0, 0.1) is 11.7 Å². The Morgan fingerprint density at radius 1 is 1.32 bits per heavy atom. The van der Waals surface area contributed by atoms with E-state index in [0.717, 1.165) is 31.7 Å². The van der Waals surface area contributed by atoms with Gasteiger partial charge in [0.15, 0.2) is 12.0 Å². The van der Waals surface area contributed by atoms with E-state index in [4.69, 9.17) is 14.7 Å². The molecular weight excluding hydrogens is 399 g/mol. The van der Waals surface area contributed by atoms with Crippen LogP contribution in [0.1, 0.15) is 24.8 Å². The van der Waals surface area contributed by atoms with Crippen molar-refractivity contribution in [3.63, 3.8) is 0 Å². The summed E-state index contributed by atoms with van der Waals surface area (Å²) in [6, 6.07) is 1.40. The molecule has 0 spiro atoms. The van der Waals surface area contributed by atoms with Crippen LogP contribution in [-0.4, -0.2) is 71.0 Å². The summed E-state index contributed by atoms with van der Waals surface area (Å²) in [5.41, 5.74) is 0.545. The highest BCUT2D eigenvalue weighted by Gasteiger charge is 2.41. The molecule has 3 unspecified atom stereocenters. The Morgan fingerprint density at radius 2 is 2.26 bits per heavy atom. The van der Waals surface area contributed by atoms with Crippen molar-refractivity contribution in [2.45, 2.75) is 37.5 Å². The van der Waals surface area contributed by atoms with Crippen LogP contribution in [0.4, 0.5) is 4.39 Å². The molecule has 3 aliphatic heterocycles. The Kier molecular flexibility index (Phi) is 5.50. The van der Waals surface area contributed by atoms with Gasteiger partial charge >= 0.3 is 0 Å². The van der Waals surface area contributed by atoms with E-state index in [1.807, 2.05) is 18.5 Å². The van der Waals surface area contributed by atoms with Gasteiger partial charge in [-0.05, 0) is 43.4 Å². The van der Waals surface area contributed by atoms with Gasteiger partial charge in [-0.3, -0.25) is 9.98 Å². The zero-order chi connectivity index (χ0) is 21.2. The van der Waals surface area contributed by atoms with Crippen LogP contribution in [0.2, 0.25) is 0 Å². The molecule has 0 aromatic carbocycles. The van der Waals surface area contributed by atoms with E-state index in [2.05, 4.69) is 20.2 Å². The average Bonchev–Trinajstić information content (AvgIpc) is 3.44. The predicted molar refractivity (Wildman–Crippen MR) is 116 cm³/mol. The van der Waals surface area contributed by atoms with Crippen molar-refractivity contribution >= 4 is 18.0 Å². The van der Waals surface area contributed by atoms with E-state index < -0.39 is 5.82 Å². The lowest BCUT2D eigenvalue weighted by Gasteiger charge is -2.32. The molecule has 4 aliphatic rings. The quantitative estimate of drug-likeness (QED) is 0.756. The van der Waals surface area contributed by atoms with Crippen molar-refractivity contribution in [2.24, 2.45) is 20.9 Å². The van der Waals surface area contributed by atoms with Crippen LogP contribution in [0.5, 0.6) is 0 Å². The molecule has 0 amide bonds. The molecule has 0 radical (unpaired) electrons. The summed E-state index contributed by atoms with van der Waals surface area (Å²) in [5, 5.41) is 12.9. The van der Waals surface area contributed by atoms with Crippen molar-refractivity contribution in [1.29, 1.82) is 0 Å². The lowest BCUT2D eigenvalue weighted by Crippen LogP contribution is -2.50. The molecule has 0 bridgehead atoms. The van der Waals surface area contributed by atoms with E-state index in [1.165, 1.54) is 12.3 Å². The maximum absolute atomic E-state index is 13.8. The van der Waals surface area contributed by atoms with Crippen LogP contribution in [0.15, 0.2) is 57.4 Å². The molecule has 1 aromatic rings. The Balaban J connectivity index is 1.35. The number of pyridine rings is 1. The van der Waals surface area contributed by atoms with Crippen LogP contribution in [0.25, 0.3) is 0 Å². The number of allylic oxidation sites excluding steroid dienone is 3. The fourth-order valence-corrected chi connectivity index (χ4v) is 4.28. The number of nitrogens with one attached hydrogen (secondary N) is 1. The highest BCUT2D eigenvalue weighted by atomic mass is 19.1. The first-order valence-electron chi connectivity index (χ1n) is 10.6. The molecule has 1 aromatic heterocycles. The molecular formula is C22H25FN6O2. The van der Waals surface area contributed by atoms with Crippen LogP contribution in [0.3, 0.4) is 0 Å². The maximum Gasteiger partial charge on any atom is 0.160 e. The van der Waals surface area contributed by atoms with Gasteiger partial charge in [0.1, 0.15) is 23.5 Å². The molecule has 4 atom stereocenters. The van der Waals surface area contributed by atoms with Gasteiger partial charge in [0, 0.05) is 24.9 Å². The third-order valence-electron chi connectivity index (χ3n) is 5.99. The minimum Gasteiger partial charge on any atom is -0.508 e. The van der Waals surface area contributed by atoms with E-state index in [9.17, 15) is 9.50 Å². The lowest BCUT2D eigenvalue weighted by molar-refractivity contribution is 0.165. The summed E-state index contributed by atoms with van der Waals surface area (Å²) in [6.45, 7) is 2.09. The first-order valence-corrected chi connectivity index (χ1v) is 10.6. The van der Waals surface area contributed by atoms with E-state index in [-0.39, 0.29) is 18.2 Å². The maximum atomic E-state index is 13.8. The fraction of sp³-hybridized carbons (Fsp3) is 0.455. The normalized spacial score (nSPS) is 29.5. The molecule has 1 aliphatic carbocycles. The molecule has 8 nitrogen and oxygen atoms in total. The Labute approximate surface area is 180 Å². The van der Waals surface area contributed by atoms with Crippen LogP contribution < -0.4 is 5.32 Å². The number of fused-ring (bicyclic) bond motifs is 1. The van der Waals surface area contributed by atoms with Gasteiger partial charge in [0.25, 0.3) is 0 Å². The van der Waals surface area contributed by atoms with Gasteiger partial charge in [0.05, 0.1) is 25.2 Å². The second kappa shape index (κ2) is 8.58. The minimum absolute atomic E-state index is 0.223. The molecule has 9 heteroatoms. The zero-order valence-corrected chi connectivity index (χ0v) is 17.1. The third kappa shape index (κ3) is 4.23. The smallest absolute Gasteiger partial charge is 0.160 e. The first-order chi connectivity index (χ1) is 15.2. The number of aliphatic hydroxyl groups is 1. The van der Waals surface area contributed by atoms with Gasteiger partial charge in [-0.25, -0.2) is 14.4 Å².